The monoisotopic (exact) mass is 265 g/mol. The molecule has 1 N–H and O–H groups in total. The molecule has 2 aliphatic rings. The van der Waals surface area contributed by atoms with Crippen LogP contribution in [-0.2, 0) is 0 Å². The standard InChI is InChI=1S/C17H31NO/c1-2-3-4-5-8-13-18-14-9-11-16(18)15-10-6-7-12-17(15)19/h2,15-17,19H,1,3-14H2. The molecule has 1 saturated carbocycles. The number of aliphatic hydroxyl groups excluding tert-OH is 1. The maximum absolute atomic E-state index is 10.3. The van der Waals surface area contributed by atoms with Crippen LogP contribution in [0, 0.1) is 5.92 Å². The summed E-state index contributed by atoms with van der Waals surface area (Å²) in [5.41, 5.74) is 0. The van der Waals surface area contributed by atoms with E-state index in [1.807, 2.05) is 6.08 Å². The summed E-state index contributed by atoms with van der Waals surface area (Å²) in [6.45, 7) is 6.28. The Kier molecular flexibility index (Phi) is 6.39. The minimum atomic E-state index is -0.0277. The van der Waals surface area contributed by atoms with Crippen molar-refractivity contribution in [3.8, 4) is 0 Å². The second-order valence-corrected chi connectivity index (χ2v) is 6.40. The summed E-state index contributed by atoms with van der Waals surface area (Å²) < 4.78 is 0. The molecule has 2 rings (SSSR count). The van der Waals surface area contributed by atoms with Gasteiger partial charge in [-0.05, 0) is 58.0 Å². The van der Waals surface area contributed by atoms with Gasteiger partial charge >= 0.3 is 0 Å². The van der Waals surface area contributed by atoms with Crippen LogP contribution in [0.25, 0.3) is 0 Å². The Morgan fingerprint density at radius 2 is 1.89 bits per heavy atom. The van der Waals surface area contributed by atoms with Crippen molar-refractivity contribution in [1.82, 2.24) is 4.90 Å². The third-order valence-corrected chi connectivity index (χ3v) is 5.04. The highest BCUT2D eigenvalue weighted by Crippen LogP contribution is 2.34. The molecule has 2 heteroatoms. The van der Waals surface area contributed by atoms with Gasteiger partial charge in [0.15, 0.2) is 0 Å². The third kappa shape index (κ3) is 4.32. The first-order chi connectivity index (χ1) is 9.33. The van der Waals surface area contributed by atoms with Crippen LogP contribution in [0.3, 0.4) is 0 Å². The van der Waals surface area contributed by atoms with Gasteiger partial charge in [0.05, 0.1) is 6.10 Å². The zero-order valence-corrected chi connectivity index (χ0v) is 12.4. The summed E-state index contributed by atoms with van der Waals surface area (Å²) in [5.74, 6) is 0.560. The topological polar surface area (TPSA) is 23.5 Å². The van der Waals surface area contributed by atoms with Crippen molar-refractivity contribution < 1.29 is 5.11 Å². The number of rotatable bonds is 7. The third-order valence-electron chi connectivity index (χ3n) is 5.04. The van der Waals surface area contributed by atoms with Crippen LogP contribution in [0.1, 0.15) is 64.2 Å². The maximum atomic E-state index is 10.3. The van der Waals surface area contributed by atoms with Crippen LogP contribution in [0.2, 0.25) is 0 Å². The van der Waals surface area contributed by atoms with Crippen molar-refractivity contribution in [3.05, 3.63) is 12.7 Å². The van der Waals surface area contributed by atoms with Crippen molar-refractivity contribution in [2.24, 2.45) is 5.92 Å². The van der Waals surface area contributed by atoms with Gasteiger partial charge in [-0.15, -0.1) is 6.58 Å². The molecule has 3 unspecified atom stereocenters. The molecule has 0 aromatic carbocycles. The highest BCUT2D eigenvalue weighted by molar-refractivity contribution is 4.90. The summed E-state index contributed by atoms with van der Waals surface area (Å²) >= 11 is 0. The van der Waals surface area contributed by atoms with Crippen LogP contribution in [0.15, 0.2) is 12.7 Å². The summed E-state index contributed by atoms with van der Waals surface area (Å²) in [4.78, 5) is 2.67. The summed E-state index contributed by atoms with van der Waals surface area (Å²) in [6.07, 6.45) is 14.6. The van der Waals surface area contributed by atoms with E-state index in [2.05, 4.69) is 11.5 Å². The Hall–Kier alpha value is -0.340. The molecule has 0 amide bonds. The number of aliphatic hydroxyl groups is 1. The van der Waals surface area contributed by atoms with E-state index in [1.54, 1.807) is 0 Å². The van der Waals surface area contributed by atoms with Gasteiger partial charge in [-0.3, -0.25) is 0 Å². The molecule has 1 aliphatic carbocycles. The molecule has 2 nitrogen and oxygen atoms in total. The molecular formula is C17H31NO. The molecular weight excluding hydrogens is 234 g/mol. The average Bonchev–Trinajstić information content (AvgIpc) is 2.87. The first kappa shape index (κ1) is 15.1. The molecule has 110 valence electrons. The lowest BCUT2D eigenvalue weighted by Gasteiger charge is -2.37. The van der Waals surface area contributed by atoms with Gasteiger partial charge < -0.3 is 10.0 Å². The van der Waals surface area contributed by atoms with Crippen molar-refractivity contribution in [3.63, 3.8) is 0 Å². The smallest absolute Gasteiger partial charge is 0.0583 e. The molecule has 0 aromatic rings. The first-order valence-corrected chi connectivity index (χ1v) is 8.36. The van der Waals surface area contributed by atoms with E-state index in [-0.39, 0.29) is 6.10 Å². The van der Waals surface area contributed by atoms with Crippen molar-refractivity contribution in [2.75, 3.05) is 13.1 Å². The van der Waals surface area contributed by atoms with Crippen molar-refractivity contribution >= 4 is 0 Å². The Morgan fingerprint density at radius 3 is 2.68 bits per heavy atom. The Morgan fingerprint density at radius 1 is 1.05 bits per heavy atom. The van der Waals surface area contributed by atoms with Gasteiger partial charge in [0.1, 0.15) is 0 Å². The van der Waals surface area contributed by atoms with Crippen LogP contribution >= 0.6 is 0 Å². The zero-order valence-electron chi connectivity index (χ0n) is 12.4. The Bertz CT molecular complexity index is 266. The lowest BCUT2D eigenvalue weighted by Crippen LogP contribution is -2.42. The molecule has 1 saturated heterocycles. The Labute approximate surface area is 118 Å². The molecule has 2 fully saturated rings. The first-order valence-electron chi connectivity index (χ1n) is 8.36. The summed E-state index contributed by atoms with van der Waals surface area (Å²) in [6, 6.07) is 0.676. The van der Waals surface area contributed by atoms with E-state index in [9.17, 15) is 5.11 Å². The van der Waals surface area contributed by atoms with Gasteiger partial charge in [-0.25, -0.2) is 0 Å². The maximum Gasteiger partial charge on any atom is 0.0583 e. The lowest BCUT2D eigenvalue weighted by molar-refractivity contribution is 0.0218. The fourth-order valence-corrected chi connectivity index (χ4v) is 3.98. The second kappa shape index (κ2) is 8.06. The second-order valence-electron chi connectivity index (χ2n) is 6.40. The predicted molar refractivity (Wildman–Crippen MR) is 81.2 cm³/mol. The average molecular weight is 265 g/mol. The number of hydrogen-bond acceptors (Lipinski definition) is 2. The molecule has 0 spiro atoms. The van der Waals surface area contributed by atoms with Gasteiger partial charge in [-0.1, -0.05) is 25.3 Å². The number of likely N-dealkylation sites (tertiary alicyclic amines) is 1. The fraction of sp³-hybridized carbons (Fsp3) is 0.882. The van der Waals surface area contributed by atoms with Gasteiger partial charge in [0, 0.05) is 12.0 Å². The normalized spacial score (nSPS) is 32.6. The molecule has 1 aliphatic heterocycles. The van der Waals surface area contributed by atoms with E-state index in [1.165, 1.54) is 64.5 Å². The highest BCUT2D eigenvalue weighted by Gasteiger charge is 2.36. The summed E-state index contributed by atoms with van der Waals surface area (Å²) in [5, 5.41) is 10.3. The number of hydrogen-bond donors (Lipinski definition) is 1. The molecule has 1 heterocycles. The largest absolute Gasteiger partial charge is 0.393 e. The molecule has 0 aromatic heterocycles. The molecule has 19 heavy (non-hydrogen) atoms. The van der Waals surface area contributed by atoms with E-state index >= 15 is 0 Å². The van der Waals surface area contributed by atoms with Crippen LogP contribution < -0.4 is 0 Å². The number of nitrogens with zero attached hydrogens (tertiary/aromatic N) is 1. The zero-order chi connectivity index (χ0) is 13.5. The highest BCUT2D eigenvalue weighted by atomic mass is 16.3. The minimum Gasteiger partial charge on any atom is -0.393 e. The van der Waals surface area contributed by atoms with E-state index in [0.29, 0.717) is 12.0 Å². The minimum absolute atomic E-state index is 0.0277. The number of unbranched alkanes of at least 4 members (excludes halogenated alkanes) is 3. The van der Waals surface area contributed by atoms with Crippen LogP contribution in [0.4, 0.5) is 0 Å². The van der Waals surface area contributed by atoms with Crippen LogP contribution in [0.5, 0.6) is 0 Å². The predicted octanol–water partition coefficient (Wildman–Crippen LogP) is 3.75. The molecule has 0 radical (unpaired) electrons. The van der Waals surface area contributed by atoms with Crippen molar-refractivity contribution in [2.45, 2.75) is 76.4 Å². The molecule has 3 atom stereocenters. The lowest BCUT2D eigenvalue weighted by atomic mass is 9.80. The van der Waals surface area contributed by atoms with Gasteiger partial charge in [-0.2, -0.15) is 0 Å². The quantitative estimate of drug-likeness (QED) is 0.560. The summed E-state index contributed by atoms with van der Waals surface area (Å²) in [7, 11) is 0. The van der Waals surface area contributed by atoms with Gasteiger partial charge in [0.2, 0.25) is 0 Å². The number of allylic oxidation sites excluding steroid dienone is 1. The van der Waals surface area contributed by atoms with E-state index in [0.717, 1.165) is 12.8 Å². The fourth-order valence-electron chi connectivity index (χ4n) is 3.98. The van der Waals surface area contributed by atoms with Crippen LogP contribution in [-0.4, -0.2) is 35.2 Å². The van der Waals surface area contributed by atoms with Crippen molar-refractivity contribution in [1.29, 1.82) is 0 Å². The van der Waals surface area contributed by atoms with E-state index < -0.39 is 0 Å². The van der Waals surface area contributed by atoms with Gasteiger partial charge in [0.25, 0.3) is 0 Å². The molecule has 0 bridgehead atoms. The SMILES string of the molecule is C=CCCCCCN1CCCC1C1CCCCC1O. The van der Waals surface area contributed by atoms with E-state index in [4.69, 9.17) is 0 Å². The Balaban J connectivity index is 1.74.